The third kappa shape index (κ3) is 2.06. The molecule has 2 aromatic rings. The minimum absolute atomic E-state index is 0.0134. The summed E-state index contributed by atoms with van der Waals surface area (Å²) in [6.45, 7) is 0.482. The van der Waals surface area contributed by atoms with Crippen LogP contribution >= 0.6 is 0 Å². The summed E-state index contributed by atoms with van der Waals surface area (Å²) >= 11 is 0. The topological polar surface area (TPSA) is 77.5 Å². The maximum absolute atomic E-state index is 11.5. The Morgan fingerprint density at radius 3 is 3.00 bits per heavy atom. The zero-order valence-electron chi connectivity index (χ0n) is 11.2. The number of furan rings is 1. The zero-order valence-corrected chi connectivity index (χ0v) is 11.2. The minimum Gasteiger partial charge on any atom is -0.488 e. The molecule has 0 aliphatic carbocycles. The van der Waals surface area contributed by atoms with E-state index in [-0.39, 0.29) is 17.8 Å². The molecule has 2 heterocycles. The summed E-state index contributed by atoms with van der Waals surface area (Å²) in [5.41, 5.74) is 7.64. The van der Waals surface area contributed by atoms with E-state index in [9.17, 15) is 4.79 Å². The molecule has 0 bridgehead atoms. The molecule has 20 heavy (non-hydrogen) atoms. The van der Waals surface area contributed by atoms with Crippen molar-refractivity contribution in [2.75, 3.05) is 13.6 Å². The van der Waals surface area contributed by atoms with Crippen LogP contribution in [-0.2, 0) is 6.42 Å². The lowest BCUT2D eigenvalue weighted by Gasteiger charge is -2.09. The van der Waals surface area contributed by atoms with Gasteiger partial charge < -0.3 is 20.2 Å². The van der Waals surface area contributed by atoms with Gasteiger partial charge in [-0.05, 0) is 23.8 Å². The summed E-state index contributed by atoms with van der Waals surface area (Å²) in [5, 5.41) is 2.53. The van der Waals surface area contributed by atoms with Gasteiger partial charge in [0.05, 0.1) is 5.56 Å². The largest absolute Gasteiger partial charge is 0.488 e. The van der Waals surface area contributed by atoms with Crippen LogP contribution < -0.4 is 15.8 Å². The predicted octanol–water partition coefficient (Wildman–Crippen LogP) is 1.57. The van der Waals surface area contributed by atoms with E-state index in [1.165, 1.54) is 0 Å². The number of fused-ring (bicyclic) bond motifs is 1. The van der Waals surface area contributed by atoms with E-state index in [1.54, 1.807) is 19.2 Å². The number of para-hydroxylation sites is 1. The Kier molecular flexibility index (Phi) is 3.20. The van der Waals surface area contributed by atoms with Crippen LogP contribution in [0.3, 0.4) is 0 Å². The normalized spacial score (nSPS) is 16.6. The monoisotopic (exact) mass is 272 g/mol. The van der Waals surface area contributed by atoms with E-state index < -0.39 is 0 Å². The van der Waals surface area contributed by atoms with Crippen molar-refractivity contribution in [1.82, 2.24) is 5.32 Å². The van der Waals surface area contributed by atoms with Crippen LogP contribution in [0.5, 0.6) is 5.75 Å². The van der Waals surface area contributed by atoms with Crippen LogP contribution in [0.15, 0.2) is 34.7 Å². The molecule has 0 saturated heterocycles. The van der Waals surface area contributed by atoms with Crippen LogP contribution in [0, 0.1) is 0 Å². The molecule has 3 rings (SSSR count). The molecule has 1 aliphatic heterocycles. The molecule has 5 nitrogen and oxygen atoms in total. The average molecular weight is 272 g/mol. The van der Waals surface area contributed by atoms with E-state index in [0.29, 0.717) is 12.3 Å². The minimum atomic E-state index is -0.246. The van der Waals surface area contributed by atoms with Gasteiger partial charge in [-0.3, -0.25) is 4.79 Å². The van der Waals surface area contributed by atoms with Gasteiger partial charge in [0.15, 0.2) is 5.76 Å². The summed E-state index contributed by atoms with van der Waals surface area (Å²) in [6.07, 6.45) is 0.822. The molecule has 104 valence electrons. The van der Waals surface area contributed by atoms with Crippen molar-refractivity contribution in [2.45, 2.75) is 12.5 Å². The fraction of sp³-hybridized carbons (Fsp3) is 0.267. The number of hydrogen-bond donors (Lipinski definition) is 2. The molecule has 0 spiro atoms. The third-order valence-corrected chi connectivity index (χ3v) is 3.41. The Labute approximate surface area is 116 Å². The quantitative estimate of drug-likeness (QED) is 0.889. The molecular formula is C15H16N2O3. The Morgan fingerprint density at radius 2 is 2.25 bits per heavy atom. The van der Waals surface area contributed by atoms with E-state index in [2.05, 4.69) is 5.32 Å². The number of ether oxygens (including phenoxy) is 1. The van der Waals surface area contributed by atoms with Gasteiger partial charge in [0.1, 0.15) is 17.6 Å². The lowest BCUT2D eigenvalue weighted by Crippen LogP contribution is -2.24. The Morgan fingerprint density at radius 1 is 1.40 bits per heavy atom. The second-order valence-corrected chi connectivity index (χ2v) is 4.72. The van der Waals surface area contributed by atoms with E-state index in [1.807, 2.05) is 18.2 Å². The highest BCUT2D eigenvalue weighted by Gasteiger charge is 2.25. The highest BCUT2D eigenvalue weighted by atomic mass is 16.5. The van der Waals surface area contributed by atoms with Crippen molar-refractivity contribution < 1.29 is 13.9 Å². The van der Waals surface area contributed by atoms with E-state index >= 15 is 0 Å². The number of benzene rings is 1. The number of hydrogen-bond acceptors (Lipinski definition) is 4. The second-order valence-electron chi connectivity index (χ2n) is 4.72. The molecule has 3 N–H and O–H groups in total. The van der Waals surface area contributed by atoms with Gasteiger partial charge in [0.2, 0.25) is 0 Å². The number of carbonyl (C=O) groups is 1. The maximum atomic E-state index is 11.5. The summed E-state index contributed by atoms with van der Waals surface area (Å²) in [7, 11) is 1.57. The Bertz CT molecular complexity index is 648. The van der Waals surface area contributed by atoms with Crippen molar-refractivity contribution in [3.8, 4) is 17.1 Å². The molecule has 1 aromatic heterocycles. The van der Waals surface area contributed by atoms with Crippen LogP contribution in [0.4, 0.5) is 0 Å². The highest BCUT2D eigenvalue weighted by Crippen LogP contribution is 2.39. The number of carbonyl (C=O) groups excluding carboxylic acids is 1. The van der Waals surface area contributed by atoms with Crippen molar-refractivity contribution in [2.24, 2.45) is 5.73 Å². The number of nitrogens with one attached hydrogen (secondary N) is 1. The summed E-state index contributed by atoms with van der Waals surface area (Å²) in [6, 6.07) is 9.34. The molecule has 0 saturated carbocycles. The fourth-order valence-corrected chi connectivity index (χ4v) is 2.39. The van der Waals surface area contributed by atoms with Gasteiger partial charge in [0, 0.05) is 20.0 Å². The van der Waals surface area contributed by atoms with Crippen molar-refractivity contribution >= 4 is 5.91 Å². The standard InChI is InChI=1S/C15H16N2O3/c1-17-15(18)13-6-5-12(20-13)11-4-2-3-9-7-10(8-16)19-14(9)11/h2-6,10H,7-8,16H2,1H3,(H,17,18)/t10-/m0/s1. The molecule has 1 aromatic carbocycles. The molecule has 0 unspecified atom stereocenters. The summed E-state index contributed by atoms with van der Waals surface area (Å²) < 4.78 is 11.4. The molecule has 5 heteroatoms. The molecule has 0 fully saturated rings. The zero-order chi connectivity index (χ0) is 14.1. The smallest absolute Gasteiger partial charge is 0.286 e. The first-order chi connectivity index (χ1) is 9.72. The van der Waals surface area contributed by atoms with E-state index in [0.717, 1.165) is 23.3 Å². The van der Waals surface area contributed by atoms with Crippen molar-refractivity contribution in [3.63, 3.8) is 0 Å². The number of rotatable bonds is 3. The van der Waals surface area contributed by atoms with Gasteiger partial charge in [-0.15, -0.1) is 0 Å². The number of nitrogens with two attached hydrogens (primary N) is 1. The lowest BCUT2D eigenvalue weighted by atomic mass is 10.1. The first kappa shape index (κ1) is 12.7. The average Bonchev–Trinajstić information content (AvgIpc) is 3.12. The van der Waals surface area contributed by atoms with Gasteiger partial charge in [-0.2, -0.15) is 0 Å². The van der Waals surface area contributed by atoms with Gasteiger partial charge in [-0.25, -0.2) is 0 Å². The summed E-state index contributed by atoms with van der Waals surface area (Å²) in [4.78, 5) is 11.5. The predicted molar refractivity (Wildman–Crippen MR) is 74.7 cm³/mol. The lowest BCUT2D eigenvalue weighted by molar-refractivity contribution is 0.0936. The van der Waals surface area contributed by atoms with Gasteiger partial charge in [0.25, 0.3) is 5.91 Å². The number of amides is 1. The Hall–Kier alpha value is -2.27. The highest BCUT2D eigenvalue weighted by molar-refractivity contribution is 5.92. The maximum Gasteiger partial charge on any atom is 0.286 e. The molecule has 1 aliphatic rings. The fourth-order valence-electron chi connectivity index (χ4n) is 2.39. The third-order valence-electron chi connectivity index (χ3n) is 3.41. The van der Waals surface area contributed by atoms with Crippen molar-refractivity contribution in [3.05, 3.63) is 41.7 Å². The first-order valence-corrected chi connectivity index (χ1v) is 6.54. The summed E-state index contributed by atoms with van der Waals surface area (Å²) in [5.74, 6) is 1.47. The van der Waals surface area contributed by atoms with Gasteiger partial charge >= 0.3 is 0 Å². The Balaban J connectivity index is 1.98. The van der Waals surface area contributed by atoms with Crippen LogP contribution in [0.2, 0.25) is 0 Å². The van der Waals surface area contributed by atoms with Gasteiger partial charge in [-0.1, -0.05) is 12.1 Å². The molecule has 1 atom stereocenters. The van der Waals surface area contributed by atoms with E-state index in [4.69, 9.17) is 14.9 Å². The first-order valence-electron chi connectivity index (χ1n) is 6.54. The van der Waals surface area contributed by atoms with Crippen LogP contribution in [0.1, 0.15) is 16.1 Å². The van der Waals surface area contributed by atoms with Crippen LogP contribution in [-0.4, -0.2) is 25.6 Å². The van der Waals surface area contributed by atoms with Crippen molar-refractivity contribution in [1.29, 1.82) is 0 Å². The molecular weight excluding hydrogens is 256 g/mol. The second kappa shape index (κ2) is 5.02. The molecule has 1 amide bonds. The van der Waals surface area contributed by atoms with Crippen LogP contribution in [0.25, 0.3) is 11.3 Å². The SMILES string of the molecule is CNC(=O)c1ccc(-c2cccc3c2O[C@H](CN)C3)o1. The molecule has 0 radical (unpaired) electrons.